The van der Waals surface area contributed by atoms with Gasteiger partial charge in [-0.2, -0.15) is 5.10 Å². The zero-order valence-corrected chi connectivity index (χ0v) is 14.3. The molecule has 0 atom stereocenters. The van der Waals surface area contributed by atoms with Crippen molar-refractivity contribution < 1.29 is 0 Å². The van der Waals surface area contributed by atoms with E-state index in [4.69, 9.17) is 35.4 Å². The summed E-state index contributed by atoms with van der Waals surface area (Å²) < 4.78 is 1.86. The third-order valence-corrected chi connectivity index (χ3v) is 4.07. The second-order valence-electron chi connectivity index (χ2n) is 4.70. The van der Waals surface area contributed by atoms with Crippen molar-refractivity contribution in [2.24, 2.45) is 7.05 Å². The van der Waals surface area contributed by atoms with Crippen molar-refractivity contribution in [2.75, 3.05) is 5.32 Å². The maximum atomic E-state index is 6.09. The first-order valence-corrected chi connectivity index (χ1v) is 7.54. The maximum Gasteiger partial charge on any atom is 0.171 e. The van der Waals surface area contributed by atoms with Gasteiger partial charge in [-0.25, -0.2) is 0 Å². The number of rotatable bonds is 3. The normalized spacial score (nSPS) is 10.5. The van der Waals surface area contributed by atoms with Crippen LogP contribution in [0.5, 0.6) is 0 Å². The Morgan fingerprint density at radius 3 is 2.67 bits per heavy atom. The molecule has 0 unspecified atom stereocenters. The first-order valence-electron chi connectivity index (χ1n) is 6.37. The lowest BCUT2D eigenvalue weighted by Crippen LogP contribution is -2.28. The number of nitrogens with one attached hydrogen (secondary N) is 2. The molecule has 0 radical (unpaired) electrons. The van der Waals surface area contributed by atoms with Crippen LogP contribution in [0.1, 0.15) is 17.0 Å². The van der Waals surface area contributed by atoms with Gasteiger partial charge in [-0.15, -0.1) is 0 Å². The summed E-state index contributed by atoms with van der Waals surface area (Å²) in [5.74, 6) is 0. The molecule has 1 aromatic heterocycles. The van der Waals surface area contributed by atoms with Crippen molar-refractivity contribution in [1.82, 2.24) is 15.1 Å². The molecule has 2 aromatic rings. The molecule has 112 valence electrons. The topological polar surface area (TPSA) is 41.9 Å². The van der Waals surface area contributed by atoms with Crippen molar-refractivity contribution >= 4 is 46.2 Å². The van der Waals surface area contributed by atoms with Crippen LogP contribution < -0.4 is 10.6 Å². The zero-order valence-electron chi connectivity index (χ0n) is 12.0. The number of hydrogen-bond acceptors (Lipinski definition) is 2. The molecule has 0 fully saturated rings. The van der Waals surface area contributed by atoms with E-state index in [9.17, 15) is 0 Å². The van der Waals surface area contributed by atoms with Gasteiger partial charge in [0.05, 0.1) is 16.4 Å². The van der Waals surface area contributed by atoms with Crippen LogP contribution in [0, 0.1) is 13.8 Å². The number of aromatic nitrogens is 2. The molecule has 4 nitrogen and oxygen atoms in total. The van der Waals surface area contributed by atoms with E-state index >= 15 is 0 Å². The summed E-state index contributed by atoms with van der Waals surface area (Å²) in [6.45, 7) is 4.62. The Kier molecular flexibility index (Phi) is 5.08. The van der Waals surface area contributed by atoms with Gasteiger partial charge in [0.2, 0.25) is 0 Å². The lowest BCUT2D eigenvalue weighted by atomic mass is 10.2. The Labute approximate surface area is 139 Å². The Morgan fingerprint density at radius 1 is 1.33 bits per heavy atom. The Balaban J connectivity index is 2.01. The maximum absolute atomic E-state index is 6.09. The minimum absolute atomic E-state index is 0.488. The molecule has 0 aliphatic rings. The molecule has 2 rings (SSSR count). The number of nitrogens with zero attached hydrogens (tertiary/aromatic N) is 2. The van der Waals surface area contributed by atoms with Gasteiger partial charge in [-0.1, -0.05) is 23.2 Å². The molecule has 0 aliphatic heterocycles. The number of aryl methyl sites for hydroxylation is 2. The average Bonchev–Trinajstić information content (AvgIpc) is 2.66. The van der Waals surface area contributed by atoms with Crippen LogP contribution in [0.2, 0.25) is 10.0 Å². The summed E-state index contributed by atoms with van der Waals surface area (Å²) in [6, 6.07) is 5.19. The molecule has 1 heterocycles. The highest BCUT2D eigenvalue weighted by Gasteiger charge is 2.10. The van der Waals surface area contributed by atoms with E-state index in [1.165, 1.54) is 0 Å². The predicted octanol–water partition coefficient (Wildman–Crippen LogP) is 3.83. The Bertz CT molecular complexity index is 682. The first-order chi connectivity index (χ1) is 9.88. The smallest absolute Gasteiger partial charge is 0.171 e. The molecule has 0 aliphatic carbocycles. The molecule has 7 heteroatoms. The lowest BCUT2D eigenvalue weighted by molar-refractivity contribution is 0.729. The second kappa shape index (κ2) is 6.64. The molecular formula is C14H16Cl2N4S. The van der Waals surface area contributed by atoms with Crippen LogP contribution in [-0.4, -0.2) is 14.9 Å². The van der Waals surface area contributed by atoms with Gasteiger partial charge < -0.3 is 10.6 Å². The van der Waals surface area contributed by atoms with Crippen LogP contribution in [0.25, 0.3) is 0 Å². The zero-order chi connectivity index (χ0) is 15.6. The predicted molar refractivity (Wildman–Crippen MR) is 92.2 cm³/mol. The minimum atomic E-state index is 0.488. The van der Waals surface area contributed by atoms with E-state index < -0.39 is 0 Å². The Morgan fingerprint density at radius 2 is 2.05 bits per heavy atom. The molecule has 0 bridgehead atoms. The van der Waals surface area contributed by atoms with Gasteiger partial charge in [-0.05, 0) is 44.3 Å². The highest BCUT2D eigenvalue weighted by Crippen LogP contribution is 2.25. The molecule has 0 amide bonds. The third-order valence-electron chi connectivity index (χ3n) is 3.26. The lowest BCUT2D eigenvalue weighted by Gasteiger charge is -2.12. The van der Waals surface area contributed by atoms with E-state index in [-0.39, 0.29) is 0 Å². The molecule has 1 aromatic carbocycles. The highest BCUT2D eigenvalue weighted by atomic mass is 35.5. The highest BCUT2D eigenvalue weighted by molar-refractivity contribution is 7.80. The van der Waals surface area contributed by atoms with Crippen LogP contribution in [0.4, 0.5) is 5.69 Å². The fourth-order valence-electron chi connectivity index (χ4n) is 2.00. The molecular weight excluding hydrogens is 327 g/mol. The van der Waals surface area contributed by atoms with Crippen molar-refractivity contribution in [1.29, 1.82) is 0 Å². The van der Waals surface area contributed by atoms with Crippen molar-refractivity contribution in [3.05, 3.63) is 45.2 Å². The van der Waals surface area contributed by atoms with Gasteiger partial charge in [0.1, 0.15) is 0 Å². The molecule has 2 N–H and O–H groups in total. The molecule has 0 saturated heterocycles. The Hall–Kier alpha value is -1.30. The fourth-order valence-corrected chi connectivity index (χ4v) is 2.52. The summed E-state index contributed by atoms with van der Waals surface area (Å²) in [5.41, 5.74) is 3.93. The second-order valence-corrected chi connectivity index (χ2v) is 5.96. The number of hydrogen-bond donors (Lipinski definition) is 2. The quantitative estimate of drug-likeness (QED) is 0.831. The average molecular weight is 343 g/mol. The fraction of sp³-hybridized carbons (Fsp3) is 0.286. The van der Waals surface area contributed by atoms with Gasteiger partial charge in [0.25, 0.3) is 0 Å². The molecule has 21 heavy (non-hydrogen) atoms. The largest absolute Gasteiger partial charge is 0.358 e. The van der Waals surface area contributed by atoms with Gasteiger partial charge in [-0.3, -0.25) is 4.68 Å². The molecule has 0 saturated carbocycles. The van der Waals surface area contributed by atoms with E-state index in [0.717, 1.165) is 17.0 Å². The van der Waals surface area contributed by atoms with E-state index in [1.807, 2.05) is 25.6 Å². The summed E-state index contributed by atoms with van der Waals surface area (Å²) in [4.78, 5) is 0. The SMILES string of the molecule is Cc1nn(C)c(C)c1CNC(=S)Nc1cc(Cl)ccc1Cl. The summed E-state index contributed by atoms with van der Waals surface area (Å²) in [7, 11) is 1.92. The molecule has 0 spiro atoms. The van der Waals surface area contributed by atoms with E-state index in [0.29, 0.717) is 27.4 Å². The van der Waals surface area contributed by atoms with E-state index in [1.54, 1.807) is 18.2 Å². The monoisotopic (exact) mass is 342 g/mol. The van der Waals surface area contributed by atoms with Crippen molar-refractivity contribution in [3.63, 3.8) is 0 Å². The van der Waals surface area contributed by atoms with Crippen molar-refractivity contribution in [2.45, 2.75) is 20.4 Å². The summed E-state index contributed by atoms with van der Waals surface area (Å²) in [6.07, 6.45) is 0. The van der Waals surface area contributed by atoms with Gasteiger partial charge in [0.15, 0.2) is 5.11 Å². The third kappa shape index (κ3) is 3.87. The summed E-state index contributed by atoms with van der Waals surface area (Å²) in [5, 5.41) is 12.2. The number of anilines is 1. The number of halogens is 2. The standard InChI is InChI=1S/C14H16Cl2N4S/c1-8-11(9(2)20(3)19-8)7-17-14(21)18-13-6-10(15)4-5-12(13)16/h4-6H,7H2,1-3H3,(H2,17,18,21). The summed E-state index contributed by atoms with van der Waals surface area (Å²) >= 11 is 17.3. The van der Waals surface area contributed by atoms with Gasteiger partial charge >= 0.3 is 0 Å². The minimum Gasteiger partial charge on any atom is -0.358 e. The van der Waals surface area contributed by atoms with Crippen LogP contribution >= 0.6 is 35.4 Å². The van der Waals surface area contributed by atoms with E-state index in [2.05, 4.69) is 15.7 Å². The van der Waals surface area contributed by atoms with Gasteiger partial charge in [0, 0.05) is 29.9 Å². The first kappa shape index (κ1) is 16.1. The van der Waals surface area contributed by atoms with Crippen LogP contribution in [0.15, 0.2) is 18.2 Å². The van der Waals surface area contributed by atoms with Crippen LogP contribution in [-0.2, 0) is 13.6 Å². The number of thiocarbonyl (C=S) groups is 1. The number of benzene rings is 1. The van der Waals surface area contributed by atoms with Crippen molar-refractivity contribution in [3.8, 4) is 0 Å². The van der Waals surface area contributed by atoms with Crippen LogP contribution in [0.3, 0.4) is 0 Å².